The van der Waals surface area contributed by atoms with Crippen molar-refractivity contribution < 1.29 is 4.79 Å². The Bertz CT molecular complexity index is 1230. The number of nitriles is 1. The largest absolute Gasteiger partial charge is 0.324 e. The lowest BCUT2D eigenvalue weighted by Crippen LogP contribution is -2.33. The van der Waals surface area contributed by atoms with Gasteiger partial charge in [-0.3, -0.25) is 4.79 Å². The van der Waals surface area contributed by atoms with Gasteiger partial charge >= 0.3 is 0 Å². The molecular formula is C22H20N6OS. The monoisotopic (exact) mass is 416 g/mol. The van der Waals surface area contributed by atoms with Crippen LogP contribution in [0.25, 0.3) is 22.1 Å². The summed E-state index contributed by atoms with van der Waals surface area (Å²) >= 11 is 1.26. The predicted molar refractivity (Wildman–Crippen MR) is 118 cm³/mol. The molecule has 2 aromatic heterocycles. The average Bonchev–Trinajstić information content (AvgIpc) is 3.11. The third-order valence-electron chi connectivity index (χ3n) is 4.81. The van der Waals surface area contributed by atoms with E-state index >= 15 is 0 Å². The van der Waals surface area contributed by atoms with Crippen molar-refractivity contribution in [2.45, 2.75) is 25.0 Å². The fourth-order valence-electron chi connectivity index (χ4n) is 3.44. The molecule has 0 fully saturated rings. The molecule has 0 N–H and O–H groups in total. The minimum absolute atomic E-state index is 0.0961. The number of anilines is 1. The lowest BCUT2D eigenvalue weighted by atomic mass is 10.2. The SMILES string of the molecule is CCn1c2ccccc2c2nnc(SCC(=O)N(CCC#N)c3ccccc3)nc21. The summed E-state index contributed by atoms with van der Waals surface area (Å²) in [7, 11) is 0. The second-order valence-electron chi connectivity index (χ2n) is 6.61. The first-order chi connectivity index (χ1) is 14.7. The van der Waals surface area contributed by atoms with E-state index < -0.39 is 0 Å². The number of hydrogen-bond donors (Lipinski definition) is 0. The number of amides is 1. The molecule has 0 radical (unpaired) electrons. The van der Waals surface area contributed by atoms with Crippen LogP contribution in [0.1, 0.15) is 13.3 Å². The topological polar surface area (TPSA) is 87.7 Å². The third kappa shape index (κ3) is 3.84. The summed E-state index contributed by atoms with van der Waals surface area (Å²) in [6.45, 7) is 3.18. The maximum absolute atomic E-state index is 12.9. The van der Waals surface area contributed by atoms with E-state index in [9.17, 15) is 4.79 Å². The Morgan fingerprint density at radius 1 is 1.13 bits per heavy atom. The van der Waals surface area contributed by atoms with Crippen molar-refractivity contribution >= 4 is 45.4 Å². The van der Waals surface area contributed by atoms with Crippen LogP contribution in [0.4, 0.5) is 5.69 Å². The number of aryl methyl sites for hydroxylation is 1. The molecule has 0 atom stereocenters. The molecule has 7 nitrogen and oxygen atoms in total. The van der Waals surface area contributed by atoms with Crippen LogP contribution < -0.4 is 4.90 Å². The number of nitrogens with zero attached hydrogens (tertiary/aromatic N) is 6. The molecule has 4 aromatic rings. The fourth-order valence-corrected chi connectivity index (χ4v) is 4.10. The van der Waals surface area contributed by atoms with Crippen molar-refractivity contribution in [2.24, 2.45) is 0 Å². The second kappa shape index (κ2) is 8.93. The Labute approximate surface area is 178 Å². The molecule has 1 amide bonds. The Kier molecular flexibility index (Phi) is 5.91. The van der Waals surface area contributed by atoms with E-state index in [0.717, 1.165) is 34.3 Å². The zero-order chi connectivity index (χ0) is 20.9. The summed E-state index contributed by atoms with van der Waals surface area (Å²) in [5, 5.41) is 19.0. The molecule has 0 aliphatic rings. The normalized spacial score (nSPS) is 10.9. The van der Waals surface area contributed by atoms with Gasteiger partial charge in [0.25, 0.3) is 0 Å². The van der Waals surface area contributed by atoms with Crippen molar-refractivity contribution in [2.75, 3.05) is 17.2 Å². The molecule has 2 aromatic carbocycles. The molecule has 30 heavy (non-hydrogen) atoms. The molecule has 4 rings (SSSR count). The van der Waals surface area contributed by atoms with Gasteiger partial charge in [0.05, 0.1) is 23.8 Å². The van der Waals surface area contributed by atoms with Crippen molar-refractivity contribution in [3.63, 3.8) is 0 Å². The van der Waals surface area contributed by atoms with E-state index in [0.29, 0.717) is 11.7 Å². The summed E-state index contributed by atoms with van der Waals surface area (Å²) in [6.07, 6.45) is 0.270. The van der Waals surface area contributed by atoms with Gasteiger partial charge in [-0.05, 0) is 25.1 Å². The Balaban J connectivity index is 1.57. The maximum atomic E-state index is 12.9. The molecule has 0 saturated carbocycles. The van der Waals surface area contributed by atoms with E-state index in [2.05, 4.69) is 32.7 Å². The number of thioether (sulfide) groups is 1. The molecule has 0 aliphatic carbocycles. The quantitative estimate of drug-likeness (QED) is 0.423. The van der Waals surface area contributed by atoms with Crippen molar-refractivity contribution in [1.29, 1.82) is 5.26 Å². The minimum atomic E-state index is -0.0961. The van der Waals surface area contributed by atoms with Gasteiger partial charge in [-0.1, -0.05) is 48.2 Å². The number of para-hydroxylation sites is 2. The highest BCUT2D eigenvalue weighted by molar-refractivity contribution is 7.99. The molecule has 0 spiro atoms. The third-order valence-corrected chi connectivity index (χ3v) is 5.63. The summed E-state index contributed by atoms with van der Waals surface area (Å²) in [5.74, 6) is 0.0704. The van der Waals surface area contributed by atoms with Crippen LogP contribution >= 0.6 is 11.8 Å². The van der Waals surface area contributed by atoms with Gasteiger partial charge in [-0.2, -0.15) is 5.26 Å². The Morgan fingerprint density at radius 3 is 2.67 bits per heavy atom. The van der Waals surface area contributed by atoms with Crippen LogP contribution in [0.5, 0.6) is 0 Å². The average molecular weight is 417 g/mol. The highest BCUT2D eigenvalue weighted by atomic mass is 32.2. The van der Waals surface area contributed by atoms with Gasteiger partial charge in [0, 0.05) is 24.2 Å². The Hall–Kier alpha value is -3.44. The first-order valence-corrected chi connectivity index (χ1v) is 10.7. The number of carbonyl (C=O) groups is 1. The van der Waals surface area contributed by atoms with E-state index in [1.165, 1.54) is 11.8 Å². The van der Waals surface area contributed by atoms with Crippen LogP contribution in [0.15, 0.2) is 59.8 Å². The van der Waals surface area contributed by atoms with Gasteiger partial charge in [0.1, 0.15) is 5.52 Å². The van der Waals surface area contributed by atoms with Gasteiger partial charge in [-0.15, -0.1) is 10.2 Å². The first kappa shape index (κ1) is 19.9. The van der Waals surface area contributed by atoms with Gasteiger partial charge in [0.15, 0.2) is 5.65 Å². The minimum Gasteiger partial charge on any atom is -0.324 e. The van der Waals surface area contributed by atoms with Crippen LogP contribution in [0, 0.1) is 11.3 Å². The molecule has 150 valence electrons. The number of rotatable bonds is 7. The van der Waals surface area contributed by atoms with E-state index in [1.807, 2.05) is 54.6 Å². The van der Waals surface area contributed by atoms with Gasteiger partial charge in [0.2, 0.25) is 11.1 Å². The van der Waals surface area contributed by atoms with E-state index in [1.54, 1.807) is 4.90 Å². The summed E-state index contributed by atoms with van der Waals surface area (Å²) < 4.78 is 2.11. The van der Waals surface area contributed by atoms with Crippen LogP contribution in [-0.2, 0) is 11.3 Å². The summed E-state index contributed by atoms with van der Waals surface area (Å²) in [6, 6.07) is 19.5. The van der Waals surface area contributed by atoms with Crippen LogP contribution in [0.3, 0.4) is 0 Å². The second-order valence-corrected chi connectivity index (χ2v) is 7.55. The highest BCUT2D eigenvalue weighted by Crippen LogP contribution is 2.27. The van der Waals surface area contributed by atoms with E-state index in [-0.39, 0.29) is 18.1 Å². The van der Waals surface area contributed by atoms with E-state index in [4.69, 9.17) is 5.26 Å². The number of hydrogen-bond acceptors (Lipinski definition) is 6. The lowest BCUT2D eigenvalue weighted by Gasteiger charge is -2.21. The molecule has 8 heteroatoms. The molecule has 0 bridgehead atoms. The molecule has 0 aliphatic heterocycles. The number of carbonyl (C=O) groups excluding carboxylic acids is 1. The van der Waals surface area contributed by atoms with Gasteiger partial charge < -0.3 is 9.47 Å². The first-order valence-electron chi connectivity index (χ1n) is 9.69. The molecule has 2 heterocycles. The summed E-state index contributed by atoms with van der Waals surface area (Å²) in [5.41, 5.74) is 3.39. The lowest BCUT2D eigenvalue weighted by molar-refractivity contribution is -0.116. The zero-order valence-corrected chi connectivity index (χ0v) is 17.3. The predicted octanol–water partition coefficient (Wildman–Crippen LogP) is 4.04. The number of aromatic nitrogens is 4. The smallest absolute Gasteiger partial charge is 0.237 e. The van der Waals surface area contributed by atoms with Gasteiger partial charge in [-0.25, -0.2) is 4.98 Å². The summed E-state index contributed by atoms with van der Waals surface area (Å²) in [4.78, 5) is 19.2. The fraction of sp³-hybridized carbons (Fsp3) is 0.227. The van der Waals surface area contributed by atoms with Crippen LogP contribution in [0.2, 0.25) is 0 Å². The molecular weight excluding hydrogens is 396 g/mol. The zero-order valence-electron chi connectivity index (χ0n) is 16.5. The highest BCUT2D eigenvalue weighted by Gasteiger charge is 2.18. The number of benzene rings is 2. The standard InChI is InChI=1S/C22H20N6OS/c1-2-27-18-12-7-6-11-17(18)20-21(27)24-22(26-25-20)30-15-19(29)28(14-8-13-23)16-9-4-3-5-10-16/h3-7,9-12H,2,8,14-15H2,1H3. The van der Waals surface area contributed by atoms with Crippen molar-refractivity contribution in [3.05, 3.63) is 54.6 Å². The van der Waals surface area contributed by atoms with Crippen molar-refractivity contribution in [1.82, 2.24) is 19.7 Å². The molecule has 0 saturated heterocycles. The van der Waals surface area contributed by atoms with Crippen molar-refractivity contribution in [3.8, 4) is 6.07 Å². The molecule has 0 unspecified atom stereocenters. The maximum Gasteiger partial charge on any atom is 0.237 e. The number of fused-ring (bicyclic) bond motifs is 3. The Morgan fingerprint density at radius 2 is 1.90 bits per heavy atom. The van der Waals surface area contributed by atoms with Crippen LogP contribution in [-0.4, -0.2) is 38.0 Å².